The average Bonchev–Trinajstić information content (AvgIpc) is 1.95. The molecule has 0 amide bonds. The third-order valence-corrected chi connectivity index (χ3v) is 3.32. The average molecular weight is 185 g/mol. The lowest BCUT2D eigenvalue weighted by molar-refractivity contribution is -0.109. The highest BCUT2D eigenvalue weighted by Crippen LogP contribution is 2.51. The summed E-state index contributed by atoms with van der Waals surface area (Å²) in [5, 5.41) is 10.2. The minimum atomic E-state index is -0.263. The van der Waals surface area contributed by atoms with E-state index in [0.717, 1.165) is 18.8 Å². The molecule has 0 saturated heterocycles. The maximum atomic E-state index is 10.2. The van der Waals surface area contributed by atoms with Gasteiger partial charge in [-0.15, -0.1) is 0 Å². The molecule has 1 rings (SSSR count). The van der Waals surface area contributed by atoms with Crippen LogP contribution in [0.15, 0.2) is 0 Å². The Bertz CT molecular complexity index is 177. The van der Waals surface area contributed by atoms with Crippen LogP contribution in [-0.2, 0) is 0 Å². The lowest BCUT2D eigenvalue weighted by Gasteiger charge is -2.52. The summed E-state index contributed by atoms with van der Waals surface area (Å²) in [5.74, 6) is 0.737. The van der Waals surface area contributed by atoms with E-state index < -0.39 is 0 Å². The predicted molar refractivity (Wildman–Crippen MR) is 55.3 cm³/mol. The summed E-state index contributed by atoms with van der Waals surface area (Å²) in [7, 11) is 0. The molecule has 3 N–H and O–H groups in total. The van der Waals surface area contributed by atoms with E-state index in [1.807, 2.05) is 0 Å². The first-order chi connectivity index (χ1) is 5.82. The summed E-state index contributed by atoms with van der Waals surface area (Å²) < 4.78 is 0. The zero-order valence-electron chi connectivity index (χ0n) is 9.30. The van der Waals surface area contributed by atoms with E-state index in [1.54, 1.807) is 0 Å². The Morgan fingerprint density at radius 1 is 1.46 bits per heavy atom. The highest BCUT2D eigenvalue weighted by atomic mass is 16.3. The van der Waals surface area contributed by atoms with E-state index in [0.29, 0.717) is 6.54 Å². The molecule has 13 heavy (non-hydrogen) atoms. The quantitative estimate of drug-likeness (QED) is 0.688. The molecule has 2 heteroatoms. The van der Waals surface area contributed by atoms with Crippen LogP contribution >= 0.6 is 0 Å². The van der Waals surface area contributed by atoms with E-state index >= 15 is 0 Å². The SMILES string of the molecule is CC1CC(CN)(C(O)C(C)(C)C)C1. The van der Waals surface area contributed by atoms with Crippen LogP contribution in [0.25, 0.3) is 0 Å². The van der Waals surface area contributed by atoms with E-state index in [1.165, 1.54) is 0 Å². The molecule has 1 fully saturated rings. The van der Waals surface area contributed by atoms with Crippen LogP contribution < -0.4 is 5.73 Å². The van der Waals surface area contributed by atoms with Crippen molar-refractivity contribution >= 4 is 0 Å². The summed E-state index contributed by atoms with van der Waals surface area (Å²) >= 11 is 0. The summed E-state index contributed by atoms with van der Waals surface area (Å²) in [6.07, 6.45) is 1.91. The molecule has 0 aromatic rings. The summed E-state index contributed by atoms with van der Waals surface area (Å²) in [5.41, 5.74) is 5.74. The standard InChI is InChI=1S/C11H23NO/c1-8-5-11(6-8,7-12)9(13)10(2,3)4/h8-9,13H,5-7,12H2,1-4H3. The summed E-state index contributed by atoms with van der Waals surface area (Å²) in [6, 6.07) is 0. The molecule has 1 aliphatic rings. The largest absolute Gasteiger partial charge is 0.392 e. The second-order valence-corrected chi connectivity index (χ2v) is 5.85. The van der Waals surface area contributed by atoms with Crippen LogP contribution in [-0.4, -0.2) is 17.8 Å². The van der Waals surface area contributed by atoms with Crippen molar-refractivity contribution in [3.63, 3.8) is 0 Å². The molecule has 0 spiro atoms. The molecule has 0 bridgehead atoms. The van der Waals surface area contributed by atoms with Crippen molar-refractivity contribution in [3.8, 4) is 0 Å². The molecule has 1 atom stereocenters. The van der Waals surface area contributed by atoms with Crippen LogP contribution in [0.4, 0.5) is 0 Å². The van der Waals surface area contributed by atoms with Gasteiger partial charge in [-0.3, -0.25) is 0 Å². The number of rotatable bonds is 2. The van der Waals surface area contributed by atoms with Gasteiger partial charge in [0.25, 0.3) is 0 Å². The fourth-order valence-electron chi connectivity index (χ4n) is 2.75. The highest BCUT2D eigenvalue weighted by molar-refractivity contribution is 5.01. The van der Waals surface area contributed by atoms with E-state index in [4.69, 9.17) is 5.73 Å². The Morgan fingerprint density at radius 3 is 2.15 bits per heavy atom. The number of aliphatic hydroxyl groups is 1. The lowest BCUT2D eigenvalue weighted by Crippen LogP contribution is -2.55. The number of hydrogen-bond donors (Lipinski definition) is 2. The van der Waals surface area contributed by atoms with Crippen molar-refractivity contribution in [2.75, 3.05) is 6.54 Å². The molecule has 0 aromatic heterocycles. The molecule has 0 heterocycles. The first-order valence-electron chi connectivity index (χ1n) is 5.20. The third kappa shape index (κ3) is 1.89. The normalized spacial score (nSPS) is 36.9. The van der Waals surface area contributed by atoms with Crippen molar-refractivity contribution in [1.82, 2.24) is 0 Å². The monoisotopic (exact) mass is 185 g/mol. The molecular weight excluding hydrogens is 162 g/mol. The Labute approximate surface area is 81.5 Å². The van der Waals surface area contributed by atoms with Crippen LogP contribution in [0.2, 0.25) is 0 Å². The van der Waals surface area contributed by atoms with Crippen molar-refractivity contribution in [2.24, 2.45) is 22.5 Å². The van der Waals surface area contributed by atoms with Crippen molar-refractivity contribution < 1.29 is 5.11 Å². The van der Waals surface area contributed by atoms with E-state index in [9.17, 15) is 5.11 Å². The van der Waals surface area contributed by atoms with Crippen molar-refractivity contribution in [1.29, 1.82) is 0 Å². The van der Waals surface area contributed by atoms with Crippen LogP contribution in [0, 0.1) is 16.7 Å². The second-order valence-electron chi connectivity index (χ2n) is 5.85. The molecule has 0 radical (unpaired) electrons. The zero-order chi connectivity index (χ0) is 10.3. The van der Waals surface area contributed by atoms with Gasteiger partial charge in [-0.2, -0.15) is 0 Å². The molecular formula is C11H23NO. The first kappa shape index (κ1) is 11.0. The second kappa shape index (κ2) is 3.25. The van der Waals surface area contributed by atoms with Gasteiger partial charge in [0.05, 0.1) is 6.10 Å². The maximum Gasteiger partial charge on any atom is 0.0656 e. The Hall–Kier alpha value is -0.0800. The Morgan fingerprint density at radius 2 is 1.92 bits per heavy atom. The fourth-order valence-corrected chi connectivity index (χ4v) is 2.75. The van der Waals surface area contributed by atoms with Crippen molar-refractivity contribution in [2.45, 2.75) is 46.6 Å². The fraction of sp³-hybridized carbons (Fsp3) is 1.00. The van der Waals surface area contributed by atoms with Gasteiger partial charge in [-0.1, -0.05) is 27.7 Å². The minimum Gasteiger partial charge on any atom is -0.392 e. The summed E-state index contributed by atoms with van der Waals surface area (Å²) in [4.78, 5) is 0. The molecule has 1 saturated carbocycles. The zero-order valence-corrected chi connectivity index (χ0v) is 9.30. The smallest absolute Gasteiger partial charge is 0.0656 e. The molecule has 0 aliphatic heterocycles. The summed E-state index contributed by atoms with van der Waals surface area (Å²) in [6.45, 7) is 9.09. The molecule has 1 aliphatic carbocycles. The number of nitrogens with two attached hydrogens (primary N) is 1. The van der Waals surface area contributed by atoms with Crippen LogP contribution in [0.3, 0.4) is 0 Å². The van der Waals surface area contributed by atoms with Gasteiger partial charge < -0.3 is 10.8 Å². The predicted octanol–water partition coefficient (Wildman–Crippen LogP) is 1.77. The Kier molecular flexibility index (Phi) is 2.75. The van der Waals surface area contributed by atoms with Gasteiger partial charge in [-0.05, 0) is 24.2 Å². The first-order valence-corrected chi connectivity index (χ1v) is 5.20. The van der Waals surface area contributed by atoms with Gasteiger partial charge in [0.2, 0.25) is 0 Å². The molecule has 1 unspecified atom stereocenters. The molecule has 0 aromatic carbocycles. The number of hydrogen-bond acceptors (Lipinski definition) is 2. The van der Waals surface area contributed by atoms with Crippen molar-refractivity contribution in [3.05, 3.63) is 0 Å². The third-order valence-electron chi connectivity index (χ3n) is 3.32. The van der Waals surface area contributed by atoms with E-state index in [-0.39, 0.29) is 16.9 Å². The van der Waals surface area contributed by atoms with Crippen LogP contribution in [0.1, 0.15) is 40.5 Å². The lowest BCUT2D eigenvalue weighted by atomic mass is 9.55. The molecule has 78 valence electrons. The van der Waals surface area contributed by atoms with Gasteiger partial charge in [-0.25, -0.2) is 0 Å². The van der Waals surface area contributed by atoms with Gasteiger partial charge in [0, 0.05) is 12.0 Å². The molecule has 2 nitrogen and oxygen atoms in total. The Balaban J connectivity index is 2.68. The van der Waals surface area contributed by atoms with Crippen LogP contribution in [0.5, 0.6) is 0 Å². The van der Waals surface area contributed by atoms with Gasteiger partial charge in [0.1, 0.15) is 0 Å². The minimum absolute atomic E-state index is 0.0116. The topological polar surface area (TPSA) is 46.2 Å². The highest BCUT2D eigenvalue weighted by Gasteiger charge is 2.50. The number of aliphatic hydroxyl groups excluding tert-OH is 1. The van der Waals surface area contributed by atoms with E-state index in [2.05, 4.69) is 27.7 Å². The van der Waals surface area contributed by atoms with Gasteiger partial charge >= 0.3 is 0 Å². The van der Waals surface area contributed by atoms with Gasteiger partial charge in [0.15, 0.2) is 0 Å². The maximum absolute atomic E-state index is 10.2.